The Labute approximate surface area is 192 Å². The molecular formula is C27H25NO5. The topological polar surface area (TPSA) is 76.1 Å². The van der Waals surface area contributed by atoms with Crippen LogP contribution in [0.25, 0.3) is 5.76 Å². The quantitative estimate of drug-likeness (QED) is 0.325. The third-order valence-electron chi connectivity index (χ3n) is 5.61. The minimum atomic E-state index is -0.733. The van der Waals surface area contributed by atoms with E-state index in [0.717, 1.165) is 5.56 Å². The Bertz CT molecular complexity index is 1170. The molecule has 1 atom stereocenters. The number of nitrogens with zero attached hydrogens (tertiary/aromatic N) is 1. The van der Waals surface area contributed by atoms with Crippen molar-refractivity contribution in [3.63, 3.8) is 0 Å². The minimum Gasteiger partial charge on any atom is -0.507 e. The number of benzene rings is 3. The van der Waals surface area contributed by atoms with Crippen molar-refractivity contribution in [2.45, 2.75) is 19.5 Å². The number of ketones is 1. The SMILES string of the molecule is CCOc1ccc(C2C(=C(O)c3ccc(OC)cc3)C(=O)C(=O)N2Cc2ccccc2)cc1. The maximum atomic E-state index is 13.1. The standard InChI is InChI=1S/C27H25NO5/c1-3-33-22-15-9-19(10-16-22)24-23(25(29)20-11-13-21(32-2)14-12-20)26(30)27(31)28(24)17-18-7-5-4-6-8-18/h4-16,24,29H,3,17H2,1-2H3. The average molecular weight is 443 g/mol. The number of hydrogen-bond acceptors (Lipinski definition) is 5. The zero-order valence-corrected chi connectivity index (χ0v) is 18.5. The van der Waals surface area contributed by atoms with Crippen LogP contribution in [0.4, 0.5) is 0 Å². The van der Waals surface area contributed by atoms with E-state index in [1.54, 1.807) is 43.5 Å². The van der Waals surface area contributed by atoms with Crippen LogP contribution in [0.1, 0.15) is 29.7 Å². The maximum Gasteiger partial charge on any atom is 0.295 e. The summed E-state index contributed by atoms with van der Waals surface area (Å²) in [6.45, 7) is 2.67. The van der Waals surface area contributed by atoms with Crippen molar-refractivity contribution in [1.29, 1.82) is 0 Å². The number of aliphatic hydroxyl groups is 1. The van der Waals surface area contributed by atoms with Crippen LogP contribution >= 0.6 is 0 Å². The van der Waals surface area contributed by atoms with Crippen molar-refractivity contribution in [2.24, 2.45) is 0 Å². The number of aliphatic hydroxyl groups excluding tert-OH is 1. The Morgan fingerprint density at radius 3 is 2.15 bits per heavy atom. The van der Waals surface area contributed by atoms with Gasteiger partial charge in [0.05, 0.1) is 25.3 Å². The van der Waals surface area contributed by atoms with Crippen molar-refractivity contribution >= 4 is 17.4 Å². The van der Waals surface area contributed by atoms with Gasteiger partial charge in [-0.05, 0) is 54.4 Å². The zero-order valence-electron chi connectivity index (χ0n) is 18.5. The third kappa shape index (κ3) is 4.46. The van der Waals surface area contributed by atoms with Crippen LogP contribution in [0.15, 0.2) is 84.4 Å². The maximum absolute atomic E-state index is 13.1. The summed E-state index contributed by atoms with van der Waals surface area (Å²) in [5.74, 6) is -0.257. The molecule has 0 saturated carbocycles. The van der Waals surface area contributed by atoms with Gasteiger partial charge in [-0.1, -0.05) is 42.5 Å². The van der Waals surface area contributed by atoms with Crippen LogP contribution < -0.4 is 9.47 Å². The molecule has 1 aliphatic rings. The van der Waals surface area contributed by atoms with Crippen LogP contribution in [0.5, 0.6) is 11.5 Å². The van der Waals surface area contributed by atoms with Crippen molar-refractivity contribution in [3.8, 4) is 11.5 Å². The Morgan fingerprint density at radius 1 is 0.909 bits per heavy atom. The number of rotatable bonds is 7. The third-order valence-corrected chi connectivity index (χ3v) is 5.61. The smallest absolute Gasteiger partial charge is 0.295 e. The van der Waals surface area contributed by atoms with Gasteiger partial charge in [-0.25, -0.2) is 0 Å². The molecule has 1 unspecified atom stereocenters. The summed E-state index contributed by atoms with van der Waals surface area (Å²) in [5, 5.41) is 11.1. The molecule has 1 saturated heterocycles. The molecule has 1 fully saturated rings. The van der Waals surface area contributed by atoms with Gasteiger partial charge in [-0.3, -0.25) is 9.59 Å². The molecule has 0 aliphatic carbocycles. The Morgan fingerprint density at radius 2 is 1.55 bits per heavy atom. The van der Waals surface area contributed by atoms with E-state index in [9.17, 15) is 14.7 Å². The number of carbonyl (C=O) groups excluding carboxylic acids is 2. The summed E-state index contributed by atoms with van der Waals surface area (Å²) in [6.07, 6.45) is 0. The number of methoxy groups -OCH3 is 1. The molecule has 1 heterocycles. The van der Waals surface area contributed by atoms with Gasteiger partial charge in [-0.15, -0.1) is 0 Å². The molecule has 3 aromatic rings. The van der Waals surface area contributed by atoms with E-state index in [2.05, 4.69) is 0 Å². The van der Waals surface area contributed by atoms with E-state index < -0.39 is 17.7 Å². The fourth-order valence-electron chi connectivity index (χ4n) is 3.99. The second-order valence-electron chi connectivity index (χ2n) is 7.64. The number of ether oxygens (including phenoxy) is 2. The first-order valence-electron chi connectivity index (χ1n) is 10.7. The summed E-state index contributed by atoms with van der Waals surface area (Å²) in [5.41, 5.74) is 2.10. The van der Waals surface area contributed by atoms with Gasteiger partial charge in [0.1, 0.15) is 17.3 Å². The van der Waals surface area contributed by atoms with Crippen LogP contribution in [-0.4, -0.2) is 35.4 Å². The van der Waals surface area contributed by atoms with Crippen molar-refractivity contribution in [1.82, 2.24) is 4.90 Å². The van der Waals surface area contributed by atoms with E-state index in [-0.39, 0.29) is 17.9 Å². The molecular weight excluding hydrogens is 418 g/mol. The van der Waals surface area contributed by atoms with Crippen molar-refractivity contribution in [3.05, 3.63) is 101 Å². The largest absolute Gasteiger partial charge is 0.507 e. The van der Waals surface area contributed by atoms with Gasteiger partial charge in [0.25, 0.3) is 11.7 Å². The lowest BCUT2D eigenvalue weighted by atomic mass is 9.95. The summed E-state index contributed by atoms with van der Waals surface area (Å²) >= 11 is 0. The lowest BCUT2D eigenvalue weighted by Crippen LogP contribution is -2.29. The van der Waals surface area contributed by atoms with Crippen LogP contribution in [-0.2, 0) is 16.1 Å². The molecule has 3 aromatic carbocycles. The van der Waals surface area contributed by atoms with Gasteiger partial charge in [-0.2, -0.15) is 0 Å². The number of likely N-dealkylation sites (tertiary alicyclic amines) is 1. The fourth-order valence-corrected chi connectivity index (χ4v) is 3.99. The molecule has 4 rings (SSSR count). The predicted octanol–water partition coefficient (Wildman–Crippen LogP) is 4.72. The fraction of sp³-hybridized carbons (Fsp3) is 0.185. The van der Waals surface area contributed by atoms with Gasteiger partial charge >= 0.3 is 0 Å². The van der Waals surface area contributed by atoms with E-state index in [1.165, 1.54) is 4.90 Å². The molecule has 0 bridgehead atoms. The summed E-state index contributed by atoms with van der Waals surface area (Å²) in [7, 11) is 1.55. The molecule has 1 aliphatic heterocycles. The number of carbonyl (C=O) groups is 2. The van der Waals surface area contributed by atoms with Crippen LogP contribution in [0.2, 0.25) is 0 Å². The molecule has 6 nitrogen and oxygen atoms in total. The van der Waals surface area contributed by atoms with E-state index in [4.69, 9.17) is 9.47 Å². The van der Waals surface area contributed by atoms with E-state index in [0.29, 0.717) is 29.2 Å². The van der Waals surface area contributed by atoms with E-state index in [1.807, 2.05) is 49.4 Å². The van der Waals surface area contributed by atoms with Gasteiger partial charge in [0.15, 0.2) is 0 Å². The van der Waals surface area contributed by atoms with Gasteiger partial charge in [0.2, 0.25) is 0 Å². The Balaban J connectivity index is 1.81. The lowest BCUT2D eigenvalue weighted by molar-refractivity contribution is -0.140. The zero-order chi connectivity index (χ0) is 23.4. The van der Waals surface area contributed by atoms with Crippen LogP contribution in [0.3, 0.4) is 0 Å². The van der Waals surface area contributed by atoms with Crippen molar-refractivity contribution < 1.29 is 24.2 Å². The molecule has 6 heteroatoms. The average Bonchev–Trinajstić information content (AvgIpc) is 3.10. The highest BCUT2D eigenvalue weighted by Gasteiger charge is 2.46. The number of Topliss-reactive ketones (excluding diaryl/α,β-unsaturated/α-hetero) is 1. The first-order chi connectivity index (χ1) is 16.0. The highest BCUT2D eigenvalue weighted by atomic mass is 16.5. The van der Waals surface area contributed by atoms with Gasteiger partial charge < -0.3 is 19.5 Å². The highest BCUT2D eigenvalue weighted by Crippen LogP contribution is 2.40. The molecule has 1 N–H and O–H groups in total. The first-order valence-corrected chi connectivity index (χ1v) is 10.7. The summed E-state index contributed by atoms with van der Waals surface area (Å²) in [4.78, 5) is 27.7. The first kappa shape index (κ1) is 22.1. The monoisotopic (exact) mass is 443 g/mol. The van der Waals surface area contributed by atoms with E-state index >= 15 is 0 Å². The molecule has 168 valence electrons. The minimum absolute atomic E-state index is 0.0604. The molecule has 33 heavy (non-hydrogen) atoms. The summed E-state index contributed by atoms with van der Waals surface area (Å²) < 4.78 is 10.7. The van der Waals surface area contributed by atoms with Gasteiger partial charge in [0, 0.05) is 12.1 Å². The Hall–Kier alpha value is -4.06. The second kappa shape index (κ2) is 9.61. The molecule has 0 spiro atoms. The molecule has 1 amide bonds. The normalized spacial score (nSPS) is 17.3. The lowest BCUT2D eigenvalue weighted by Gasteiger charge is -2.25. The molecule has 0 aromatic heterocycles. The number of amides is 1. The molecule has 0 radical (unpaired) electrons. The highest BCUT2D eigenvalue weighted by molar-refractivity contribution is 6.46. The second-order valence-corrected chi connectivity index (χ2v) is 7.64. The predicted molar refractivity (Wildman–Crippen MR) is 125 cm³/mol. The Kier molecular flexibility index (Phi) is 6.45. The van der Waals surface area contributed by atoms with Crippen molar-refractivity contribution in [2.75, 3.05) is 13.7 Å². The van der Waals surface area contributed by atoms with Crippen LogP contribution in [0, 0.1) is 0 Å². The number of hydrogen-bond donors (Lipinski definition) is 1. The summed E-state index contributed by atoms with van der Waals surface area (Å²) in [6, 6.07) is 22.7.